The Kier molecular flexibility index (Phi) is 3.61. The van der Waals surface area contributed by atoms with E-state index in [0.29, 0.717) is 11.4 Å². The Morgan fingerprint density at radius 3 is 2.68 bits per heavy atom. The summed E-state index contributed by atoms with van der Waals surface area (Å²) in [5, 5.41) is 16.9. The molecule has 0 saturated heterocycles. The second kappa shape index (κ2) is 5.34. The molecular weight excluding hydrogens is 244 g/mol. The maximum Gasteiger partial charge on any atom is 0.292 e. The van der Waals surface area contributed by atoms with E-state index in [-0.39, 0.29) is 5.69 Å². The van der Waals surface area contributed by atoms with Gasteiger partial charge in [-0.25, -0.2) is 4.98 Å². The van der Waals surface area contributed by atoms with Gasteiger partial charge < -0.3 is 10.6 Å². The lowest BCUT2D eigenvalue weighted by Crippen LogP contribution is -2.00. The number of nitrogens with one attached hydrogen (secondary N) is 2. The average molecular weight is 258 g/mol. The number of anilines is 3. The predicted molar refractivity (Wildman–Crippen MR) is 74.9 cm³/mol. The van der Waals surface area contributed by atoms with Gasteiger partial charge in [-0.1, -0.05) is 12.1 Å². The summed E-state index contributed by atoms with van der Waals surface area (Å²) in [7, 11) is 1.80. The topological polar surface area (TPSA) is 80.1 Å². The fraction of sp³-hybridized carbons (Fsp3) is 0.154. The minimum absolute atomic E-state index is 0.0397. The van der Waals surface area contributed by atoms with Crippen molar-refractivity contribution >= 4 is 22.9 Å². The predicted octanol–water partition coefficient (Wildman–Crippen LogP) is 3.08. The summed E-state index contributed by atoms with van der Waals surface area (Å²) >= 11 is 0. The number of hydrogen-bond donors (Lipinski definition) is 2. The van der Waals surface area contributed by atoms with Crippen molar-refractivity contribution in [3.63, 3.8) is 0 Å². The van der Waals surface area contributed by atoms with Crippen molar-refractivity contribution in [2.24, 2.45) is 0 Å². The van der Waals surface area contributed by atoms with Crippen LogP contribution in [0.15, 0.2) is 36.5 Å². The van der Waals surface area contributed by atoms with Crippen LogP contribution < -0.4 is 10.6 Å². The maximum atomic E-state index is 10.9. The van der Waals surface area contributed by atoms with Crippen molar-refractivity contribution in [1.82, 2.24) is 4.98 Å². The zero-order chi connectivity index (χ0) is 13.8. The van der Waals surface area contributed by atoms with Crippen LogP contribution >= 0.6 is 0 Å². The first-order valence-corrected chi connectivity index (χ1v) is 5.76. The number of pyridine rings is 1. The lowest BCUT2D eigenvalue weighted by molar-refractivity contribution is -0.383. The van der Waals surface area contributed by atoms with Crippen LogP contribution in [0.3, 0.4) is 0 Å². The number of rotatable bonds is 4. The van der Waals surface area contributed by atoms with Gasteiger partial charge in [-0.2, -0.15) is 0 Å². The molecule has 2 rings (SSSR count). The Labute approximate surface area is 110 Å². The number of aromatic nitrogens is 1. The van der Waals surface area contributed by atoms with Gasteiger partial charge in [0.15, 0.2) is 0 Å². The first-order valence-electron chi connectivity index (χ1n) is 5.76. The van der Waals surface area contributed by atoms with Crippen LogP contribution in [-0.4, -0.2) is 17.0 Å². The molecule has 0 aliphatic rings. The molecule has 0 unspecified atom stereocenters. The van der Waals surface area contributed by atoms with E-state index < -0.39 is 4.92 Å². The van der Waals surface area contributed by atoms with Gasteiger partial charge in [0.1, 0.15) is 11.5 Å². The number of nitrogens with zero attached hydrogens (tertiary/aromatic N) is 2. The van der Waals surface area contributed by atoms with Crippen molar-refractivity contribution in [2.45, 2.75) is 6.92 Å². The fourth-order valence-electron chi connectivity index (χ4n) is 1.80. The largest absolute Gasteiger partial charge is 0.373 e. The molecule has 0 amide bonds. The highest BCUT2D eigenvalue weighted by Crippen LogP contribution is 2.27. The maximum absolute atomic E-state index is 10.9. The molecule has 2 aromatic rings. The monoisotopic (exact) mass is 258 g/mol. The van der Waals surface area contributed by atoms with Gasteiger partial charge in [-0.05, 0) is 24.6 Å². The summed E-state index contributed by atoms with van der Waals surface area (Å²) in [6.07, 6.45) is 1.63. The highest BCUT2D eigenvalue weighted by Gasteiger charge is 2.12. The zero-order valence-electron chi connectivity index (χ0n) is 10.7. The molecule has 0 bridgehead atoms. The normalized spacial score (nSPS) is 10.0. The first-order chi connectivity index (χ1) is 9.11. The van der Waals surface area contributed by atoms with E-state index in [2.05, 4.69) is 15.6 Å². The molecule has 19 heavy (non-hydrogen) atoms. The van der Waals surface area contributed by atoms with E-state index in [0.717, 1.165) is 11.4 Å². The lowest BCUT2D eigenvalue weighted by atomic mass is 10.2. The Morgan fingerprint density at radius 1 is 1.32 bits per heavy atom. The number of para-hydroxylation sites is 2. The van der Waals surface area contributed by atoms with Crippen molar-refractivity contribution in [3.05, 3.63) is 52.2 Å². The summed E-state index contributed by atoms with van der Waals surface area (Å²) in [5.41, 5.74) is 2.17. The lowest BCUT2D eigenvalue weighted by Gasteiger charge is -2.09. The summed E-state index contributed by atoms with van der Waals surface area (Å²) in [4.78, 5) is 14.7. The van der Waals surface area contributed by atoms with E-state index >= 15 is 0 Å². The minimum Gasteiger partial charge on any atom is -0.373 e. The van der Waals surface area contributed by atoms with Gasteiger partial charge in [0.25, 0.3) is 5.69 Å². The van der Waals surface area contributed by atoms with Gasteiger partial charge in [0.05, 0.1) is 16.8 Å². The third-order valence-electron chi connectivity index (χ3n) is 2.69. The summed E-state index contributed by atoms with van der Waals surface area (Å²) in [5.74, 6) is 0.785. The van der Waals surface area contributed by atoms with Crippen LogP contribution in [0.4, 0.5) is 22.9 Å². The Morgan fingerprint density at radius 2 is 2.05 bits per heavy atom. The molecular formula is C13H14N4O2. The molecule has 6 heteroatoms. The summed E-state index contributed by atoms with van der Waals surface area (Å²) < 4.78 is 0. The van der Waals surface area contributed by atoms with E-state index in [1.54, 1.807) is 31.4 Å². The van der Waals surface area contributed by atoms with Crippen molar-refractivity contribution in [2.75, 3.05) is 17.7 Å². The highest BCUT2D eigenvalue weighted by atomic mass is 16.6. The van der Waals surface area contributed by atoms with Gasteiger partial charge >= 0.3 is 0 Å². The standard InChI is InChI=1S/C13H14N4O2/c1-9-7-10(8-15-13(9)14-2)16-11-5-3-4-6-12(11)17(18)19/h3-8,16H,1-2H3,(H,14,15). The number of nitro benzene ring substituents is 1. The van der Waals surface area contributed by atoms with Gasteiger partial charge in [-0.15, -0.1) is 0 Å². The molecule has 0 atom stereocenters. The van der Waals surface area contributed by atoms with E-state index in [4.69, 9.17) is 0 Å². The fourth-order valence-corrected chi connectivity index (χ4v) is 1.80. The Hall–Kier alpha value is -2.63. The SMILES string of the molecule is CNc1ncc(Nc2ccccc2[N+](=O)[O-])cc1C. The minimum atomic E-state index is -0.412. The Balaban J connectivity index is 2.31. The molecule has 6 nitrogen and oxygen atoms in total. The molecule has 1 aromatic carbocycles. The quantitative estimate of drug-likeness (QED) is 0.650. The molecule has 1 heterocycles. The molecule has 0 spiro atoms. The smallest absolute Gasteiger partial charge is 0.292 e. The average Bonchev–Trinajstić information content (AvgIpc) is 2.39. The molecule has 0 aliphatic heterocycles. The van der Waals surface area contributed by atoms with Gasteiger partial charge in [0.2, 0.25) is 0 Å². The zero-order valence-corrected chi connectivity index (χ0v) is 10.7. The van der Waals surface area contributed by atoms with Crippen LogP contribution in [0.1, 0.15) is 5.56 Å². The number of nitro groups is 1. The molecule has 2 N–H and O–H groups in total. The van der Waals surface area contributed by atoms with Crippen LogP contribution in [0.2, 0.25) is 0 Å². The number of aryl methyl sites for hydroxylation is 1. The Bertz CT molecular complexity index is 613. The number of benzene rings is 1. The first kappa shape index (κ1) is 12.8. The third kappa shape index (κ3) is 2.79. The highest BCUT2D eigenvalue weighted by molar-refractivity contribution is 5.70. The molecule has 98 valence electrons. The van der Waals surface area contributed by atoms with Crippen molar-refractivity contribution in [3.8, 4) is 0 Å². The molecule has 1 aromatic heterocycles. The van der Waals surface area contributed by atoms with Crippen LogP contribution in [-0.2, 0) is 0 Å². The van der Waals surface area contributed by atoms with Crippen LogP contribution in [0, 0.1) is 17.0 Å². The van der Waals surface area contributed by atoms with E-state index in [9.17, 15) is 10.1 Å². The van der Waals surface area contributed by atoms with Crippen LogP contribution in [0.25, 0.3) is 0 Å². The van der Waals surface area contributed by atoms with Gasteiger partial charge in [0, 0.05) is 13.1 Å². The van der Waals surface area contributed by atoms with E-state index in [1.807, 2.05) is 13.0 Å². The van der Waals surface area contributed by atoms with Crippen LogP contribution in [0.5, 0.6) is 0 Å². The molecule has 0 aliphatic carbocycles. The summed E-state index contributed by atoms with van der Waals surface area (Å²) in [6, 6.07) is 8.40. The van der Waals surface area contributed by atoms with Crippen molar-refractivity contribution < 1.29 is 4.92 Å². The third-order valence-corrected chi connectivity index (χ3v) is 2.69. The number of hydrogen-bond acceptors (Lipinski definition) is 5. The van der Waals surface area contributed by atoms with E-state index in [1.165, 1.54) is 6.07 Å². The second-order valence-electron chi connectivity index (χ2n) is 4.04. The van der Waals surface area contributed by atoms with Crippen molar-refractivity contribution in [1.29, 1.82) is 0 Å². The van der Waals surface area contributed by atoms with Gasteiger partial charge in [-0.3, -0.25) is 10.1 Å². The second-order valence-corrected chi connectivity index (χ2v) is 4.04. The molecule has 0 radical (unpaired) electrons. The molecule has 0 saturated carbocycles. The summed E-state index contributed by atoms with van der Waals surface area (Å²) in [6.45, 7) is 1.92. The molecule has 0 fully saturated rings.